The topological polar surface area (TPSA) is 76.3 Å². The summed E-state index contributed by atoms with van der Waals surface area (Å²) in [5.74, 6) is 0. The molecule has 0 saturated heterocycles. The van der Waals surface area contributed by atoms with Crippen molar-refractivity contribution in [3.63, 3.8) is 0 Å². The SMILES string of the molecule is N#Cc1ccc(C(O)CNCCCCO)cc1. The normalized spacial score (nSPS) is 12.1. The van der Waals surface area contributed by atoms with Crippen molar-refractivity contribution >= 4 is 0 Å². The maximum Gasteiger partial charge on any atom is 0.0991 e. The Kier molecular flexibility index (Phi) is 6.26. The Morgan fingerprint density at radius 2 is 1.94 bits per heavy atom. The molecule has 1 aromatic carbocycles. The van der Waals surface area contributed by atoms with Gasteiger partial charge in [0.15, 0.2) is 0 Å². The first kappa shape index (κ1) is 13.7. The summed E-state index contributed by atoms with van der Waals surface area (Å²) in [6.45, 7) is 1.48. The zero-order valence-electron chi connectivity index (χ0n) is 9.76. The second-order valence-electron chi connectivity index (χ2n) is 3.88. The number of benzene rings is 1. The molecule has 0 aromatic heterocycles. The molecule has 0 radical (unpaired) electrons. The van der Waals surface area contributed by atoms with Crippen LogP contribution in [0.1, 0.15) is 30.1 Å². The maximum atomic E-state index is 9.85. The summed E-state index contributed by atoms with van der Waals surface area (Å²) in [6, 6.07) is 8.96. The van der Waals surface area contributed by atoms with Crippen LogP contribution in [0.25, 0.3) is 0 Å². The molecule has 4 heteroatoms. The van der Waals surface area contributed by atoms with Crippen LogP contribution in [0.5, 0.6) is 0 Å². The van der Waals surface area contributed by atoms with E-state index in [1.807, 2.05) is 6.07 Å². The first-order valence-electron chi connectivity index (χ1n) is 5.77. The Morgan fingerprint density at radius 3 is 2.53 bits per heavy atom. The molecule has 0 aliphatic carbocycles. The lowest BCUT2D eigenvalue weighted by molar-refractivity contribution is 0.174. The Labute approximate surface area is 102 Å². The molecule has 0 bridgehead atoms. The van der Waals surface area contributed by atoms with E-state index in [4.69, 9.17) is 10.4 Å². The van der Waals surface area contributed by atoms with E-state index in [9.17, 15) is 5.11 Å². The van der Waals surface area contributed by atoms with E-state index in [1.54, 1.807) is 24.3 Å². The van der Waals surface area contributed by atoms with Crippen molar-refractivity contribution in [3.05, 3.63) is 35.4 Å². The maximum absolute atomic E-state index is 9.85. The molecule has 1 atom stereocenters. The van der Waals surface area contributed by atoms with Crippen LogP contribution in [-0.2, 0) is 0 Å². The van der Waals surface area contributed by atoms with Gasteiger partial charge in [-0.15, -0.1) is 0 Å². The fourth-order valence-electron chi connectivity index (χ4n) is 1.50. The third-order valence-corrected chi connectivity index (χ3v) is 2.52. The van der Waals surface area contributed by atoms with E-state index < -0.39 is 6.10 Å². The molecule has 1 unspecified atom stereocenters. The monoisotopic (exact) mass is 234 g/mol. The number of hydrogen-bond acceptors (Lipinski definition) is 4. The van der Waals surface area contributed by atoms with Gasteiger partial charge in [-0.3, -0.25) is 0 Å². The third kappa shape index (κ3) is 4.96. The zero-order valence-corrected chi connectivity index (χ0v) is 9.76. The number of unbranched alkanes of at least 4 members (excludes halogenated alkanes) is 1. The lowest BCUT2D eigenvalue weighted by Gasteiger charge is -2.12. The number of hydrogen-bond donors (Lipinski definition) is 3. The van der Waals surface area contributed by atoms with Crippen LogP contribution in [0.4, 0.5) is 0 Å². The molecular weight excluding hydrogens is 216 g/mol. The summed E-state index contributed by atoms with van der Waals surface area (Å²) < 4.78 is 0. The van der Waals surface area contributed by atoms with Crippen molar-refractivity contribution in [2.24, 2.45) is 0 Å². The van der Waals surface area contributed by atoms with Gasteiger partial charge in [0.2, 0.25) is 0 Å². The van der Waals surface area contributed by atoms with Crippen molar-refractivity contribution in [1.82, 2.24) is 5.32 Å². The van der Waals surface area contributed by atoms with Gasteiger partial charge in [0.25, 0.3) is 0 Å². The lowest BCUT2D eigenvalue weighted by atomic mass is 10.1. The molecule has 1 aromatic rings. The third-order valence-electron chi connectivity index (χ3n) is 2.52. The predicted octanol–water partition coefficient (Wildman–Crippen LogP) is 0.954. The van der Waals surface area contributed by atoms with Gasteiger partial charge in [-0.05, 0) is 37.1 Å². The summed E-state index contributed by atoms with van der Waals surface area (Å²) >= 11 is 0. The molecule has 17 heavy (non-hydrogen) atoms. The lowest BCUT2D eigenvalue weighted by Crippen LogP contribution is -2.22. The standard InChI is InChI=1S/C13H18N2O2/c14-9-11-3-5-12(6-4-11)13(17)10-15-7-1-2-8-16/h3-6,13,15-17H,1-2,7-8,10H2. The Bertz CT molecular complexity index is 357. The predicted molar refractivity (Wildman–Crippen MR) is 65.3 cm³/mol. The second kappa shape index (κ2) is 7.80. The van der Waals surface area contributed by atoms with E-state index in [0.717, 1.165) is 24.9 Å². The van der Waals surface area contributed by atoms with Crippen LogP contribution in [-0.4, -0.2) is 29.9 Å². The smallest absolute Gasteiger partial charge is 0.0991 e. The first-order valence-corrected chi connectivity index (χ1v) is 5.77. The first-order chi connectivity index (χ1) is 8.27. The molecular formula is C13H18N2O2. The molecule has 0 spiro atoms. The van der Waals surface area contributed by atoms with Crippen LogP contribution in [0.15, 0.2) is 24.3 Å². The Morgan fingerprint density at radius 1 is 1.24 bits per heavy atom. The zero-order chi connectivity index (χ0) is 12.5. The van der Waals surface area contributed by atoms with Crippen molar-refractivity contribution in [1.29, 1.82) is 5.26 Å². The van der Waals surface area contributed by atoms with Crippen molar-refractivity contribution in [2.45, 2.75) is 18.9 Å². The van der Waals surface area contributed by atoms with Crippen LogP contribution in [0.2, 0.25) is 0 Å². The molecule has 0 heterocycles. The van der Waals surface area contributed by atoms with Gasteiger partial charge in [0.05, 0.1) is 17.7 Å². The van der Waals surface area contributed by atoms with Crippen LogP contribution < -0.4 is 5.32 Å². The highest BCUT2D eigenvalue weighted by molar-refractivity contribution is 5.32. The molecule has 0 fully saturated rings. The minimum atomic E-state index is -0.558. The summed E-state index contributed by atoms with van der Waals surface area (Å²) in [5.41, 5.74) is 1.40. The fourth-order valence-corrected chi connectivity index (χ4v) is 1.50. The van der Waals surface area contributed by atoms with E-state index in [2.05, 4.69) is 5.32 Å². The number of rotatable bonds is 7. The Hall–Kier alpha value is -1.41. The average Bonchev–Trinajstić information content (AvgIpc) is 2.38. The highest BCUT2D eigenvalue weighted by Gasteiger charge is 2.06. The number of aliphatic hydroxyl groups excluding tert-OH is 2. The van der Waals surface area contributed by atoms with E-state index in [1.165, 1.54) is 0 Å². The van der Waals surface area contributed by atoms with Gasteiger partial charge in [-0.25, -0.2) is 0 Å². The fraction of sp³-hybridized carbons (Fsp3) is 0.462. The number of nitrogens with zero attached hydrogens (tertiary/aromatic N) is 1. The van der Waals surface area contributed by atoms with Crippen LogP contribution in [0.3, 0.4) is 0 Å². The highest BCUT2D eigenvalue weighted by atomic mass is 16.3. The molecule has 0 aliphatic rings. The quantitative estimate of drug-likeness (QED) is 0.614. The largest absolute Gasteiger partial charge is 0.396 e. The summed E-state index contributed by atoms with van der Waals surface area (Å²) in [6.07, 6.45) is 1.12. The van der Waals surface area contributed by atoms with Crippen LogP contribution >= 0.6 is 0 Å². The highest BCUT2D eigenvalue weighted by Crippen LogP contribution is 2.12. The molecule has 3 N–H and O–H groups in total. The van der Waals surface area contributed by atoms with E-state index >= 15 is 0 Å². The van der Waals surface area contributed by atoms with Crippen molar-refractivity contribution < 1.29 is 10.2 Å². The number of nitriles is 1. The van der Waals surface area contributed by atoms with Gasteiger partial charge in [0, 0.05) is 13.2 Å². The molecule has 0 amide bonds. The average molecular weight is 234 g/mol. The number of aliphatic hydroxyl groups is 2. The Balaban J connectivity index is 2.31. The summed E-state index contributed by atoms with van der Waals surface area (Å²) in [5, 5.41) is 30.2. The van der Waals surface area contributed by atoms with Crippen molar-refractivity contribution in [3.8, 4) is 6.07 Å². The van der Waals surface area contributed by atoms with Gasteiger partial charge in [-0.1, -0.05) is 12.1 Å². The van der Waals surface area contributed by atoms with Gasteiger partial charge in [0.1, 0.15) is 0 Å². The minimum absolute atomic E-state index is 0.208. The van der Waals surface area contributed by atoms with E-state index in [0.29, 0.717) is 12.1 Å². The minimum Gasteiger partial charge on any atom is -0.396 e. The summed E-state index contributed by atoms with van der Waals surface area (Å²) in [7, 11) is 0. The molecule has 4 nitrogen and oxygen atoms in total. The van der Waals surface area contributed by atoms with Crippen molar-refractivity contribution in [2.75, 3.05) is 19.7 Å². The van der Waals surface area contributed by atoms with Gasteiger partial charge < -0.3 is 15.5 Å². The molecule has 0 saturated carbocycles. The number of nitrogens with one attached hydrogen (secondary N) is 1. The van der Waals surface area contributed by atoms with E-state index in [-0.39, 0.29) is 6.61 Å². The van der Waals surface area contributed by atoms with Gasteiger partial charge in [-0.2, -0.15) is 5.26 Å². The molecule has 1 rings (SSSR count). The van der Waals surface area contributed by atoms with Crippen LogP contribution in [0, 0.1) is 11.3 Å². The molecule has 92 valence electrons. The van der Waals surface area contributed by atoms with Gasteiger partial charge >= 0.3 is 0 Å². The molecule has 0 aliphatic heterocycles. The second-order valence-corrected chi connectivity index (χ2v) is 3.88. The summed E-state index contributed by atoms with van der Waals surface area (Å²) in [4.78, 5) is 0.